The summed E-state index contributed by atoms with van der Waals surface area (Å²) in [6.07, 6.45) is 7.00. The number of hydrogen-bond acceptors (Lipinski definition) is 3. The van der Waals surface area contributed by atoms with Gasteiger partial charge in [0, 0.05) is 24.9 Å². The van der Waals surface area contributed by atoms with Crippen molar-refractivity contribution in [1.82, 2.24) is 10.3 Å². The van der Waals surface area contributed by atoms with Gasteiger partial charge in [-0.05, 0) is 31.1 Å². The van der Waals surface area contributed by atoms with Crippen LogP contribution in [-0.4, -0.2) is 17.6 Å². The van der Waals surface area contributed by atoms with E-state index in [1.165, 1.54) is 19.3 Å². The lowest BCUT2D eigenvalue weighted by atomic mass is 10.0. The maximum absolute atomic E-state index is 5.87. The SMILES string of the molecule is CC(C)NCCc1ncc(C2CC3CC3C2)o1. The highest BCUT2D eigenvalue weighted by atomic mass is 16.4. The molecule has 1 N–H and O–H groups in total. The Morgan fingerprint density at radius 3 is 2.82 bits per heavy atom. The third-order valence-electron chi connectivity index (χ3n) is 4.11. The van der Waals surface area contributed by atoms with Gasteiger partial charge in [0.15, 0.2) is 5.89 Å². The van der Waals surface area contributed by atoms with Gasteiger partial charge in [-0.1, -0.05) is 13.8 Å². The van der Waals surface area contributed by atoms with Gasteiger partial charge in [0.1, 0.15) is 5.76 Å². The summed E-state index contributed by atoms with van der Waals surface area (Å²) in [5.74, 6) is 4.72. The van der Waals surface area contributed by atoms with Crippen molar-refractivity contribution in [3.05, 3.63) is 17.8 Å². The third-order valence-corrected chi connectivity index (χ3v) is 4.11. The van der Waals surface area contributed by atoms with Gasteiger partial charge < -0.3 is 9.73 Å². The highest BCUT2D eigenvalue weighted by Gasteiger charge is 2.47. The van der Waals surface area contributed by atoms with E-state index in [2.05, 4.69) is 24.1 Å². The van der Waals surface area contributed by atoms with E-state index in [0.717, 1.165) is 36.5 Å². The zero-order valence-corrected chi connectivity index (χ0v) is 10.8. The Labute approximate surface area is 103 Å². The number of rotatable bonds is 5. The molecule has 2 atom stereocenters. The molecule has 3 nitrogen and oxygen atoms in total. The Bertz CT molecular complexity index is 375. The summed E-state index contributed by atoms with van der Waals surface area (Å²) in [4.78, 5) is 4.39. The molecule has 0 spiro atoms. The van der Waals surface area contributed by atoms with Gasteiger partial charge in [0.25, 0.3) is 0 Å². The molecule has 2 aliphatic carbocycles. The van der Waals surface area contributed by atoms with Crippen molar-refractivity contribution in [3.63, 3.8) is 0 Å². The van der Waals surface area contributed by atoms with Crippen molar-refractivity contribution in [1.29, 1.82) is 0 Å². The smallest absolute Gasteiger partial charge is 0.195 e. The Morgan fingerprint density at radius 1 is 1.35 bits per heavy atom. The molecule has 17 heavy (non-hydrogen) atoms. The highest BCUT2D eigenvalue weighted by Crippen LogP contribution is 2.57. The van der Waals surface area contributed by atoms with Crippen LogP contribution in [-0.2, 0) is 6.42 Å². The van der Waals surface area contributed by atoms with E-state index in [4.69, 9.17) is 4.42 Å². The summed E-state index contributed by atoms with van der Waals surface area (Å²) in [5.41, 5.74) is 0. The number of nitrogens with one attached hydrogen (secondary N) is 1. The first kappa shape index (κ1) is 11.3. The van der Waals surface area contributed by atoms with Crippen molar-refractivity contribution in [2.75, 3.05) is 6.54 Å². The molecular weight excluding hydrogens is 212 g/mol. The summed E-state index contributed by atoms with van der Waals surface area (Å²) in [5, 5.41) is 3.39. The minimum absolute atomic E-state index is 0.534. The lowest BCUT2D eigenvalue weighted by molar-refractivity contribution is 0.406. The molecule has 0 aromatic carbocycles. The van der Waals surface area contributed by atoms with Gasteiger partial charge in [-0.25, -0.2) is 4.98 Å². The minimum atomic E-state index is 0.534. The van der Waals surface area contributed by atoms with E-state index < -0.39 is 0 Å². The molecule has 1 aromatic rings. The van der Waals surface area contributed by atoms with Crippen molar-refractivity contribution >= 4 is 0 Å². The molecule has 2 aliphatic rings. The minimum Gasteiger partial charge on any atom is -0.445 e. The van der Waals surface area contributed by atoms with Crippen molar-refractivity contribution in [2.24, 2.45) is 11.8 Å². The van der Waals surface area contributed by atoms with Gasteiger partial charge in [-0.2, -0.15) is 0 Å². The molecule has 2 fully saturated rings. The quantitative estimate of drug-likeness (QED) is 0.851. The Hall–Kier alpha value is -0.830. The second-order valence-corrected chi connectivity index (χ2v) is 5.94. The molecule has 3 rings (SSSR count). The maximum atomic E-state index is 5.87. The maximum Gasteiger partial charge on any atom is 0.195 e. The van der Waals surface area contributed by atoms with Gasteiger partial charge in [-0.15, -0.1) is 0 Å². The van der Waals surface area contributed by atoms with E-state index >= 15 is 0 Å². The van der Waals surface area contributed by atoms with Crippen molar-refractivity contribution in [3.8, 4) is 0 Å². The summed E-state index contributed by atoms with van der Waals surface area (Å²) >= 11 is 0. The molecule has 2 saturated carbocycles. The van der Waals surface area contributed by atoms with Crippen LogP contribution in [0.3, 0.4) is 0 Å². The molecule has 0 radical (unpaired) electrons. The molecule has 0 saturated heterocycles. The fourth-order valence-electron chi connectivity index (χ4n) is 3.04. The third kappa shape index (κ3) is 2.54. The van der Waals surface area contributed by atoms with Gasteiger partial charge >= 0.3 is 0 Å². The van der Waals surface area contributed by atoms with Crippen LogP contribution in [0.4, 0.5) is 0 Å². The zero-order chi connectivity index (χ0) is 11.8. The molecule has 0 aliphatic heterocycles. The number of hydrogen-bond donors (Lipinski definition) is 1. The predicted octanol–water partition coefficient (Wildman–Crippen LogP) is 2.73. The lowest BCUT2D eigenvalue weighted by Crippen LogP contribution is -2.24. The number of aromatic nitrogens is 1. The molecule has 1 heterocycles. The number of oxazole rings is 1. The number of fused-ring (bicyclic) bond motifs is 1. The van der Waals surface area contributed by atoms with E-state index in [-0.39, 0.29) is 0 Å². The standard InChI is InChI=1S/C14H22N2O/c1-9(2)15-4-3-14-16-8-13(17-14)12-6-10-5-11(10)7-12/h8-12,15H,3-7H2,1-2H3. The zero-order valence-electron chi connectivity index (χ0n) is 10.8. The molecule has 0 amide bonds. The van der Waals surface area contributed by atoms with Crippen LogP contribution in [0.25, 0.3) is 0 Å². The van der Waals surface area contributed by atoms with Crippen molar-refractivity contribution in [2.45, 2.75) is 51.5 Å². The van der Waals surface area contributed by atoms with Crippen LogP contribution in [0, 0.1) is 11.8 Å². The molecule has 3 heteroatoms. The molecule has 1 aromatic heterocycles. The average Bonchev–Trinajstić information content (AvgIpc) is 2.76. The van der Waals surface area contributed by atoms with Crippen LogP contribution in [0.1, 0.15) is 50.7 Å². The molecule has 2 unspecified atom stereocenters. The first-order valence-corrected chi connectivity index (χ1v) is 6.90. The summed E-state index contributed by atoms with van der Waals surface area (Å²) in [6, 6.07) is 0.534. The molecule has 94 valence electrons. The molecule has 0 bridgehead atoms. The summed E-state index contributed by atoms with van der Waals surface area (Å²) in [6.45, 7) is 5.27. The fourth-order valence-corrected chi connectivity index (χ4v) is 3.04. The van der Waals surface area contributed by atoms with Crippen LogP contribution >= 0.6 is 0 Å². The second-order valence-electron chi connectivity index (χ2n) is 5.94. The summed E-state index contributed by atoms with van der Waals surface area (Å²) < 4.78 is 5.87. The van der Waals surface area contributed by atoms with E-state index in [0.29, 0.717) is 12.0 Å². The van der Waals surface area contributed by atoms with E-state index in [1.54, 1.807) is 0 Å². The average molecular weight is 234 g/mol. The Morgan fingerprint density at radius 2 is 2.12 bits per heavy atom. The lowest BCUT2D eigenvalue weighted by Gasteiger charge is -2.07. The number of nitrogens with zero attached hydrogens (tertiary/aromatic N) is 1. The fraction of sp³-hybridized carbons (Fsp3) is 0.786. The Balaban J connectivity index is 1.51. The van der Waals surface area contributed by atoms with Gasteiger partial charge in [0.05, 0.1) is 6.20 Å². The normalized spacial score (nSPS) is 30.9. The van der Waals surface area contributed by atoms with Crippen LogP contribution < -0.4 is 5.32 Å². The van der Waals surface area contributed by atoms with Gasteiger partial charge in [0.2, 0.25) is 0 Å². The van der Waals surface area contributed by atoms with Crippen LogP contribution in [0.5, 0.6) is 0 Å². The monoisotopic (exact) mass is 234 g/mol. The Kier molecular flexibility index (Phi) is 2.95. The topological polar surface area (TPSA) is 38.1 Å². The first-order chi connectivity index (χ1) is 8.22. The first-order valence-electron chi connectivity index (χ1n) is 6.90. The van der Waals surface area contributed by atoms with E-state index in [9.17, 15) is 0 Å². The van der Waals surface area contributed by atoms with E-state index in [1.807, 2.05) is 6.20 Å². The largest absolute Gasteiger partial charge is 0.445 e. The second kappa shape index (κ2) is 4.45. The van der Waals surface area contributed by atoms with Crippen LogP contribution in [0.2, 0.25) is 0 Å². The summed E-state index contributed by atoms with van der Waals surface area (Å²) in [7, 11) is 0. The van der Waals surface area contributed by atoms with Crippen molar-refractivity contribution < 1.29 is 4.42 Å². The predicted molar refractivity (Wildman–Crippen MR) is 66.9 cm³/mol. The van der Waals surface area contributed by atoms with Gasteiger partial charge in [-0.3, -0.25) is 0 Å². The molecular formula is C14H22N2O. The van der Waals surface area contributed by atoms with Crippen LogP contribution in [0.15, 0.2) is 10.6 Å². The highest BCUT2D eigenvalue weighted by molar-refractivity contribution is 5.11.